The molecule has 0 spiro atoms. The minimum Gasteiger partial charge on any atom is -0.316 e. The lowest BCUT2D eigenvalue weighted by Crippen LogP contribution is -2.28. The van der Waals surface area contributed by atoms with Crippen LogP contribution >= 0.6 is 0 Å². The van der Waals surface area contributed by atoms with Crippen LogP contribution < -0.4 is 5.32 Å². The third-order valence-corrected chi connectivity index (χ3v) is 4.83. The Bertz CT molecular complexity index is 381. The second-order valence-electron chi connectivity index (χ2n) is 5.69. The van der Waals surface area contributed by atoms with E-state index in [1.807, 2.05) is 0 Å². The second-order valence-corrected chi connectivity index (χ2v) is 5.69. The standard InChI is InChI=1S/C16H23N/c1-17-16-11-5-10-15(16)14-9-3-2-8-13(14)12-6-4-7-12/h2-3,8-9,12,15-17H,4-7,10-11H2,1H3. The van der Waals surface area contributed by atoms with Crippen LogP contribution in [0.25, 0.3) is 0 Å². The highest BCUT2D eigenvalue weighted by atomic mass is 14.9. The fourth-order valence-electron chi connectivity index (χ4n) is 3.62. The molecule has 1 heteroatoms. The van der Waals surface area contributed by atoms with Gasteiger partial charge in [0.1, 0.15) is 0 Å². The summed E-state index contributed by atoms with van der Waals surface area (Å²) in [6.45, 7) is 0. The zero-order valence-corrected chi connectivity index (χ0v) is 10.8. The first-order valence-electron chi connectivity index (χ1n) is 7.16. The van der Waals surface area contributed by atoms with E-state index in [0.29, 0.717) is 6.04 Å². The third kappa shape index (κ3) is 2.01. The summed E-state index contributed by atoms with van der Waals surface area (Å²) in [5.41, 5.74) is 3.31. The van der Waals surface area contributed by atoms with Crippen LogP contribution in [0.5, 0.6) is 0 Å². The maximum absolute atomic E-state index is 3.51. The molecule has 3 rings (SSSR count). The van der Waals surface area contributed by atoms with Crippen molar-refractivity contribution < 1.29 is 0 Å². The van der Waals surface area contributed by atoms with Gasteiger partial charge in [0.2, 0.25) is 0 Å². The first-order chi connectivity index (χ1) is 8.40. The van der Waals surface area contributed by atoms with Crippen LogP contribution in [0.4, 0.5) is 0 Å². The highest BCUT2D eigenvalue weighted by molar-refractivity contribution is 5.36. The van der Waals surface area contributed by atoms with Crippen molar-refractivity contribution in [1.29, 1.82) is 0 Å². The summed E-state index contributed by atoms with van der Waals surface area (Å²) in [4.78, 5) is 0. The van der Waals surface area contributed by atoms with E-state index in [-0.39, 0.29) is 0 Å². The molecule has 0 aliphatic heterocycles. The van der Waals surface area contributed by atoms with Gasteiger partial charge in [-0.25, -0.2) is 0 Å². The van der Waals surface area contributed by atoms with Crippen molar-refractivity contribution >= 4 is 0 Å². The zero-order valence-electron chi connectivity index (χ0n) is 10.8. The predicted octanol–water partition coefficient (Wildman–Crippen LogP) is 3.81. The molecule has 2 aliphatic rings. The minimum atomic E-state index is 0.705. The Labute approximate surface area is 105 Å². The normalized spacial score (nSPS) is 29.2. The van der Waals surface area contributed by atoms with Crippen molar-refractivity contribution in [2.24, 2.45) is 0 Å². The van der Waals surface area contributed by atoms with E-state index in [0.717, 1.165) is 11.8 Å². The van der Waals surface area contributed by atoms with Crippen molar-refractivity contribution in [3.63, 3.8) is 0 Å². The first-order valence-corrected chi connectivity index (χ1v) is 7.16. The molecule has 0 aromatic heterocycles. The Kier molecular flexibility index (Phi) is 3.19. The van der Waals surface area contributed by atoms with E-state index in [1.54, 1.807) is 11.1 Å². The maximum Gasteiger partial charge on any atom is 0.0133 e. The lowest BCUT2D eigenvalue weighted by Gasteiger charge is -2.31. The van der Waals surface area contributed by atoms with E-state index in [2.05, 4.69) is 36.6 Å². The molecule has 92 valence electrons. The molecule has 17 heavy (non-hydrogen) atoms. The van der Waals surface area contributed by atoms with Crippen molar-refractivity contribution in [2.45, 2.75) is 56.4 Å². The summed E-state index contributed by atoms with van der Waals surface area (Å²) < 4.78 is 0. The molecule has 2 atom stereocenters. The average Bonchev–Trinajstić information content (AvgIpc) is 2.75. The SMILES string of the molecule is CNC1CCCC1c1ccccc1C1CCC1. The molecular weight excluding hydrogens is 206 g/mol. The van der Waals surface area contributed by atoms with Gasteiger partial charge in [-0.1, -0.05) is 37.1 Å². The van der Waals surface area contributed by atoms with Gasteiger partial charge in [-0.05, 0) is 55.7 Å². The second kappa shape index (κ2) is 4.81. The van der Waals surface area contributed by atoms with Gasteiger partial charge in [0.05, 0.1) is 0 Å². The summed E-state index contributed by atoms with van der Waals surface area (Å²) in [7, 11) is 2.12. The van der Waals surface area contributed by atoms with Gasteiger partial charge in [-0.3, -0.25) is 0 Å². The Morgan fingerprint density at radius 3 is 2.29 bits per heavy atom. The van der Waals surface area contributed by atoms with E-state index in [1.165, 1.54) is 38.5 Å². The molecule has 2 fully saturated rings. The van der Waals surface area contributed by atoms with Crippen LogP contribution in [0.2, 0.25) is 0 Å². The number of likely N-dealkylation sites (N-methyl/N-ethyl adjacent to an activating group) is 1. The maximum atomic E-state index is 3.51. The summed E-state index contributed by atoms with van der Waals surface area (Å²) in [5, 5.41) is 3.51. The quantitative estimate of drug-likeness (QED) is 0.831. The molecule has 0 heterocycles. The summed E-state index contributed by atoms with van der Waals surface area (Å²) in [6.07, 6.45) is 8.35. The average molecular weight is 229 g/mol. The molecule has 2 saturated carbocycles. The fourth-order valence-corrected chi connectivity index (χ4v) is 3.62. The van der Waals surface area contributed by atoms with Gasteiger partial charge in [-0.2, -0.15) is 0 Å². The first kappa shape index (κ1) is 11.3. The van der Waals surface area contributed by atoms with Gasteiger partial charge in [0.15, 0.2) is 0 Å². The smallest absolute Gasteiger partial charge is 0.0133 e. The molecule has 0 bridgehead atoms. The van der Waals surface area contributed by atoms with Gasteiger partial charge >= 0.3 is 0 Å². The van der Waals surface area contributed by atoms with Gasteiger partial charge < -0.3 is 5.32 Å². The number of benzene rings is 1. The number of rotatable bonds is 3. The molecule has 0 saturated heterocycles. The highest BCUT2D eigenvalue weighted by Gasteiger charge is 2.31. The molecule has 1 aromatic rings. The third-order valence-electron chi connectivity index (χ3n) is 4.83. The van der Waals surface area contributed by atoms with E-state index in [9.17, 15) is 0 Å². The number of hydrogen-bond acceptors (Lipinski definition) is 1. The molecular formula is C16H23N. The molecule has 2 unspecified atom stereocenters. The highest BCUT2D eigenvalue weighted by Crippen LogP contribution is 2.43. The van der Waals surface area contributed by atoms with E-state index < -0.39 is 0 Å². The van der Waals surface area contributed by atoms with Crippen LogP contribution in [0, 0.1) is 0 Å². The molecule has 1 N–H and O–H groups in total. The lowest BCUT2D eigenvalue weighted by molar-refractivity contribution is 0.411. The van der Waals surface area contributed by atoms with Crippen molar-refractivity contribution in [1.82, 2.24) is 5.32 Å². The Balaban J connectivity index is 1.90. The van der Waals surface area contributed by atoms with Crippen LogP contribution in [-0.2, 0) is 0 Å². The van der Waals surface area contributed by atoms with Gasteiger partial charge in [0.25, 0.3) is 0 Å². The van der Waals surface area contributed by atoms with Crippen LogP contribution in [0.3, 0.4) is 0 Å². The molecule has 2 aliphatic carbocycles. The summed E-state index contributed by atoms with van der Waals surface area (Å²) in [5.74, 6) is 1.63. The Morgan fingerprint density at radius 1 is 0.941 bits per heavy atom. The van der Waals surface area contributed by atoms with Crippen LogP contribution in [-0.4, -0.2) is 13.1 Å². The number of hydrogen-bond donors (Lipinski definition) is 1. The summed E-state index contributed by atoms with van der Waals surface area (Å²) in [6, 6.07) is 9.91. The van der Waals surface area contributed by atoms with E-state index in [4.69, 9.17) is 0 Å². The molecule has 0 amide bonds. The molecule has 0 radical (unpaired) electrons. The monoisotopic (exact) mass is 229 g/mol. The topological polar surface area (TPSA) is 12.0 Å². The van der Waals surface area contributed by atoms with Crippen LogP contribution in [0.1, 0.15) is 61.5 Å². The van der Waals surface area contributed by atoms with Crippen molar-refractivity contribution in [2.75, 3.05) is 7.05 Å². The predicted molar refractivity (Wildman–Crippen MR) is 72.5 cm³/mol. The number of nitrogens with one attached hydrogen (secondary N) is 1. The van der Waals surface area contributed by atoms with Crippen molar-refractivity contribution in [3.05, 3.63) is 35.4 Å². The molecule has 1 aromatic carbocycles. The van der Waals surface area contributed by atoms with Crippen molar-refractivity contribution in [3.8, 4) is 0 Å². The van der Waals surface area contributed by atoms with Gasteiger partial charge in [0, 0.05) is 6.04 Å². The largest absolute Gasteiger partial charge is 0.316 e. The molecule has 1 nitrogen and oxygen atoms in total. The zero-order chi connectivity index (χ0) is 11.7. The Hall–Kier alpha value is -0.820. The Morgan fingerprint density at radius 2 is 1.65 bits per heavy atom. The van der Waals surface area contributed by atoms with Crippen LogP contribution in [0.15, 0.2) is 24.3 Å². The summed E-state index contributed by atoms with van der Waals surface area (Å²) >= 11 is 0. The van der Waals surface area contributed by atoms with Gasteiger partial charge in [-0.15, -0.1) is 0 Å². The fraction of sp³-hybridized carbons (Fsp3) is 0.625. The van der Waals surface area contributed by atoms with E-state index >= 15 is 0 Å². The lowest BCUT2D eigenvalue weighted by atomic mass is 9.75. The minimum absolute atomic E-state index is 0.705.